The van der Waals surface area contributed by atoms with Gasteiger partial charge in [-0.15, -0.1) is 11.8 Å². The summed E-state index contributed by atoms with van der Waals surface area (Å²) in [5.74, 6) is -0.424. The van der Waals surface area contributed by atoms with Gasteiger partial charge in [-0.1, -0.05) is 11.6 Å². The second kappa shape index (κ2) is 6.60. The number of carbonyl (C=O) groups excluding carboxylic acids is 1. The average molecular weight is 323 g/mol. The minimum atomic E-state index is -0.619. The first-order valence-electron chi connectivity index (χ1n) is 5.90. The largest absolute Gasteiger partial charge is 0.322 e. The molecule has 2 aromatic carbocycles. The molecule has 7 heteroatoms. The fourth-order valence-electron chi connectivity index (χ4n) is 1.67. The Morgan fingerprint density at radius 1 is 1.24 bits per heavy atom. The molecule has 0 bridgehead atoms. The van der Waals surface area contributed by atoms with Crippen molar-refractivity contribution in [2.45, 2.75) is 4.90 Å². The van der Waals surface area contributed by atoms with Crippen molar-refractivity contribution >= 4 is 40.6 Å². The molecule has 0 fully saturated rings. The molecule has 5 nitrogen and oxygen atoms in total. The van der Waals surface area contributed by atoms with E-state index >= 15 is 0 Å². The SMILES string of the molecule is CSc1ccc(NC(=O)c2ccc(Cl)c([N+](=O)[O-])c2)cc1. The number of hydrogen-bond donors (Lipinski definition) is 1. The van der Waals surface area contributed by atoms with Crippen molar-refractivity contribution in [1.82, 2.24) is 0 Å². The zero-order chi connectivity index (χ0) is 15.4. The molecule has 0 aromatic heterocycles. The maximum absolute atomic E-state index is 12.1. The number of anilines is 1. The molecule has 0 atom stereocenters. The first-order valence-corrected chi connectivity index (χ1v) is 7.51. The highest BCUT2D eigenvalue weighted by Crippen LogP contribution is 2.25. The van der Waals surface area contributed by atoms with Crippen molar-refractivity contribution in [2.75, 3.05) is 11.6 Å². The van der Waals surface area contributed by atoms with Crippen molar-refractivity contribution in [1.29, 1.82) is 0 Å². The van der Waals surface area contributed by atoms with Crippen LogP contribution in [0.2, 0.25) is 5.02 Å². The number of halogens is 1. The molecule has 0 saturated heterocycles. The van der Waals surface area contributed by atoms with Gasteiger partial charge in [0.05, 0.1) is 4.92 Å². The van der Waals surface area contributed by atoms with Crippen LogP contribution in [0.1, 0.15) is 10.4 Å². The molecule has 2 aromatic rings. The number of benzene rings is 2. The normalized spacial score (nSPS) is 10.2. The van der Waals surface area contributed by atoms with E-state index in [0.717, 1.165) is 11.0 Å². The number of nitro benzene ring substituents is 1. The number of nitro groups is 1. The van der Waals surface area contributed by atoms with E-state index in [1.807, 2.05) is 18.4 Å². The van der Waals surface area contributed by atoms with Crippen LogP contribution in [-0.2, 0) is 0 Å². The number of amides is 1. The van der Waals surface area contributed by atoms with E-state index in [1.54, 1.807) is 23.9 Å². The lowest BCUT2D eigenvalue weighted by molar-refractivity contribution is -0.384. The summed E-state index contributed by atoms with van der Waals surface area (Å²) in [5.41, 5.74) is 0.512. The zero-order valence-electron chi connectivity index (χ0n) is 11.0. The van der Waals surface area contributed by atoms with Gasteiger partial charge in [0.2, 0.25) is 0 Å². The number of rotatable bonds is 4. The Bertz CT molecular complexity index is 689. The zero-order valence-corrected chi connectivity index (χ0v) is 12.6. The summed E-state index contributed by atoms with van der Waals surface area (Å²) in [6.45, 7) is 0. The van der Waals surface area contributed by atoms with Gasteiger partial charge in [0.25, 0.3) is 11.6 Å². The summed E-state index contributed by atoms with van der Waals surface area (Å²) in [4.78, 5) is 23.3. The van der Waals surface area contributed by atoms with E-state index in [4.69, 9.17) is 11.6 Å². The predicted octanol–water partition coefficient (Wildman–Crippen LogP) is 4.22. The number of thioether (sulfide) groups is 1. The monoisotopic (exact) mass is 322 g/mol. The average Bonchev–Trinajstić information content (AvgIpc) is 2.48. The van der Waals surface area contributed by atoms with Gasteiger partial charge in [-0.05, 0) is 42.7 Å². The number of hydrogen-bond acceptors (Lipinski definition) is 4. The number of nitrogens with one attached hydrogen (secondary N) is 1. The molecule has 0 aliphatic rings. The molecule has 1 amide bonds. The fraction of sp³-hybridized carbons (Fsp3) is 0.0714. The van der Waals surface area contributed by atoms with Gasteiger partial charge >= 0.3 is 0 Å². The Hall–Kier alpha value is -2.05. The summed E-state index contributed by atoms with van der Waals surface area (Å²) in [5, 5.41) is 13.5. The van der Waals surface area contributed by atoms with Crippen LogP contribution >= 0.6 is 23.4 Å². The van der Waals surface area contributed by atoms with E-state index < -0.39 is 10.8 Å². The standard InChI is InChI=1S/C14H11ClN2O3S/c1-21-11-5-3-10(4-6-11)16-14(18)9-2-7-12(15)13(8-9)17(19)20/h2-8H,1H3,(H,16,18). The van der Waals surface area contributed by atoms with E-state index in [2.05, 4.69) is 5.32 Å². The first kappa shape index (κ1) is 15.3. The third-order valence-electron chi connectivity index (χ3n) is 2.75. The van der Waals surface area contributed by atoms with Crippen molar-refractivity contribution in [3.05, 3.63) is 63.2 Å². The Morgan fingerprint density at radius 3 is 2.48 bits per heavy atom. The fourth-order valence-corrected chi connectivity index (χ4v) is 2.27. The Labute approximate surface area is 130 Å². The molecular formula is C14H11ClN2O3S. The molecule has 108 valence electrons. The lowest BCUT2D eigenvalue weighted by Crippen LogP contribution is -2.12. The summed E-state index contributed by atoms with van der Waals surface area (Å²) in [7, 11) is 0. The van der Waals surface area contributed by atoms with Gasteiger partial charge in [0.1, 0.15) is 5.02 Å². The molecular weight excluding hydrogens is 312 g/mol. The van der Waals surface area contributed by atoms with Crippen LogP contribution in [0, 0.1) is 10.1 Å². The van der Waals surface area contributed by atoms with E-state index in [-0.39, 0.29) is 16.3 Å². The Morgan fingerprint density at radius 2 is 1.90 bits per heavy atom. The molecule has 0 radical (unpaired) electrons. The highest BCUT2D eigenvalue weighted by Gasteiger charge is 2.16. The molecule has 0 saturated carbocycles. The van der Waals surface area contributed by atoms with E-state index in [9.17, 15) is 14.9 Å². The van der Waals surface area contributed by atoms with Gasteiger partial charge in [0.15, 0.2) is 0 Å². The first-order chi connectivity index (χ1) is 10.0. The van der Waals surface area contributed by atoms with Gasteiger partial charge in [-0.25, -0.2) is 0 Å². The number of carbonyl (C=O) groups is 1. The van der Waals surface area contributed by atoms with Crippen LogP contribution in [0.3, 0.4) is 0 Å². The summed E-state index contributed by atoms with van der Waals surface area (Å²) >= 11 is 7.31. The van der Waals surface area contributed by atoms with E-state index in [0.29, 0.717) is 5.69 Å². The predicted molar refractivity (Wildman–Crippen MR) is 84.3 cm³/mol. The molecule has 2 rings (SSSR count). The maximum atomic E-state index is 12.1. The van der Waals surface area contributed by atoms with Crippen molar-refractivity contribution in [2.24, 2.45) is 0 Å². The van der Waals surface area contributed by atoms with Gasteiger partial charge < -0.3 is 5.32 Å². The number of nitrogens with zero attached hydrogens (tertiary/aromatic N) is 1. The van der Waals surface area contributed by atoms with Gasteiger partial charge in [-0.3, -0.25) is 14.9 Å². The van der Waals surface area contributed by atoms with Crippen LogP contribution < -0.4 is 5.32 Å². The van der Waals surface area contributed by atoms with Crippen LogP contribution in [0.15, 0.2) is 47.4 Å². The highest BCUT2D eigenvalue weighted by molar-refractivity contribution is 7.98. The molecule has 1 N–H and O–H groups in total. The van der Waals surface area contributed by atoms with Crippen molar-refractivity contribution in [3.8, 4) is 0 Å². The molecule has 0 unspecified atom stereocenters. The minimum absolute atomic E-state index is 0.000809. The topological polar surface area (TPSA) is 72.2 Å². The van der Waals surface area contributed by atoms with Crippen LogP contribution in [0.5, 0.6) is 0 Å². The van der Waals surface area contributed by atoms with Crippen LogP contribution in [-0.4, -0.2) is 17.1 Å². The summed E-state index contributed by atoms with van der Waals surface area (Å²) in [6.07, 6.45) is 1.96. The minimum Gasteiger partial charge on any atom is -0.322 e. The Balaban J connectivity index is 2.19. The summed E-state index contributed by atoms with van der Waals surface area (Å²) in [6, 6.07) is 11.2. The smallest absolute Gasteiger partial charge is 0.288 e. The third-order valence-corrected chi connectivity index (χ3v) is 3.82. The lowest BCUT2D eigenvalue weighted by atomic mass is 10.2. The van der Waals surface area contributed by atoms with Crippen LogP contribution in [0.4, 0.5) is 11.4 Å². The van der Waals surface area contributed by atoms with Crippen LogP contribution in [0.25, 0.3) is 0 Å². The second-order valence-corrected chi connectivity index (χ2v) is 5.39. The lowest BCUT2D eigenvalue weighted by Gasteiger charge is -2.06. The third kappa shape index (κ3) is 3.74. The second-order valence-electron chi connectivity index (χ2n) is 4.11. The van der Waals surface area contributed by atoms with Crippen molar-refractivity contribution < 1.29 is 9.72 Å². The molecule has 0 aliphatic carbocycles. The highest BCUT2D eigenvalue weighted by atomic mass is 35.5. The molecule has 0 heterocycles. The molecule has 0 spiro atoms. The van der Waals surface area contributed by atoms with Gasteiger partial charge in [-0.2, -0.15) is 0 Å². The maximum Gasteiger partial charge on any atom is 0.288 e. The van der Waals surface area contributed by atoms with E-state index in [1.165, 1.54) is 12.1 Å². The molecule has 0 aliphatic heterocycles. The molecule has 21 heavy (non-hydrogen) atoms. The Kier molecular flexibility index (Phi) is 4.82. The van der Waals surface area contributed by atoms with Gasteiger partial charge in [0, 0.05) is 22.2 Å². The summed E-state index contributed by atoms with van der Waals surface area (Å²) < 4.78 is 0. The quantitative estimate of drug-likeness (QED) is 0.519. The van der Waals surface area contributed by atoms with Crippen molar-refractivity contribution in [3.63, 3.8) is 0 Å².